The molecule has 17 heavy (non-hydrogen) atoms. The van der Waals surface area contributed by atoms with Gasteiger partial charge in [-0.2, -0.15) is 0 Å². The molecule has 0 fully saturated rings. The Bertz CT molecular complexity index is 606. The van der Waals surface area contributed by atoms with Gasteiger partial charge in [0.05, 0.1) is 4.90 Å². The fraction of sp³-hybridized carbons (Fsp3) is 0.0769. The van der Waals surface area contributed by atoms with Crippen LogP contribution >= 0.6 is 0 Å². The number of alkyl halides is 1. The van der Waals surface area contributed by atoms with Gasteiger partial charge in [0, 0.05) is 5.56 Å². The Hall–Kier alpha value is -1.68. The van der Waals surface area contributed by atoms with Crippen molar-refractivity contribution < 1.29 is 12.8 Å². The maximum absolute atomic E-state index is 12.6. The summed E-state index contributed by atoms with van der Waals surface area (Å²) in [5.74, 6) is 0. The van der Waals surface area contributed by atoms with Crippen LogP contribution in [0.1, 0.15) is 0 Å². The van der Waals surface area contributed by atoms with Crippen LogP contribution < -0.4 is 0 Å². The average Bonchev–Trinajstić information content (AvgIpc) is 2.40. The molecule has 2 nitrogen and oxygen atoms in total. The summed E-state index contributed by atoms with van der Waals surface area (Å²) in [5, 5.41) is 0. The summed E-state index contributed by atoms with van der Waals surface area (Å²) in [7, 11) is -3.84. The molecule has 0 unspecified atom stereocenters. The van der Waals surface area contributed by atoms with Crippen molar-refractivity contribution in [2.24, 2.45) is 0 Å². The summed E-state index contributed by atoms with van der Waals surface area (Å²) in [6.45, 7) is 0. The van der Waals surface area contributed by atoms with Gasteiger partial charge in [-0.25, -0.2) is 12.8 Å². The van der Waals surface area contributed by atoms with E-state index in [1.165, 1.54) is 6.07 Å². The van der Waals surface area contributed by atoms with E-state index in [2.05, 4.69) is 0 Å². The molecule has 0 heterocycles. The van der Waals surface area contributed by atoms with Crippen LogP contribution in [0.15, 0.2) is 59.5 Å². The summed E-state index contributed by atoms with van der Waals surface area (Å²) in [6, 6.07) is 14.1. The van der Waals surface area contributed by atoms with Crippen LogP contribution in [0.25, 0.3) is 11.1 Å². The second-order valence-corrected chi connectivity index (χ2v) is 5.47. The van der Waals surface area contributed by atoms with Crippen molar-refractivity contribution in [1.82, 2.24) is 0 Å². The zero-order valence-corrected chi connectivity index (χ0v) is 9.82. The lowest BCUT2D eigenvalue weighted by Crippen LogP contribution is -2.04. The first-order chi connectivity index (χ1) is 8.15. The third kappa shape index (κ3) is 2.36. The Balaban J connectivity index is 2.65. The minimum Gasteiger partial charge on any atom is -0.233 e. The van der Waals surface area contributed by atoms with Crippen molar-refractivity contribution in [2.45, 2.75) is 4.90 Å². The lowest BCUT2D eigenvalue weighted by molar-refractivity contribution is 0.535. The SMILES string of the molecule is O=S(=O)(CF)c1ccccc1-c1ccccc1. The summed E-state index contributed by atoms with van der Waals surface area (Å²) >= 11 is 0. The molecule has 4 heteroatoms. The van der Waals surface area contributed by atoms with E-state index in [0.717, 1.165) is 5.56 Å². The molecule has 2 aromatic rings. The van der Waals surface area contributed by atoms with Gasteiger partial charge in [-0.1, -0.05) is 48.5 Å². The Morgan fingerprint density at radius 1 is 0.882 bits per heavy atom. The second kappa shape index (κ2) is 4.67. The van der Waals surface area contributed by atoms with Crippen molar-refractivity contribution in [1.29, 1.82) is 0 Å². The summed E-state index contributed by atoms with van der Waals surface area (Å²) in [5.41, 5.74) is 1.30. The summed E-state index contributed by atoms with van der Waals surface area (Å²) in [4.78, 5) is 0.0358. The van der Waals surface area contributed by atoms with Gasteiger partial charge in [-0.15, -0.1) is 0 Å². The molecule has 0 saturated heterocycles. The Morgan fingerprint density at radius 3 is 2.12 bits per heavy atom. The van der Waals surface area contributed by atoms with Gasteiger partial charge < -0.3 is 0 Å². The van der Waals surface area contributed by atoms with Gasteiger partial charge in [0.15, 0.2) is 6.01 Å². The summed E-state index contributed by atoms with van der Waals surface area (Å²) in [6.07, 6.45) is 0. The van der Waals surface area contributed by atoms with Gasteiger partial charge in [-0.3, -0.25) is 0 Å². The van der Waals surface area contributed by atoms with E-state index in [4.69, 9.17) is 0 Å². The van der Waals surface area contributed by atoms with Crippen LogP contribution in [0.2, 0.25) is 0 Å². The van der Waals surface area contributed by atoms with Crippen molar-refractivity contribution in [2.75, 3.05) is 6.01 Å². The van der Waals surface area contributed by atoms with E-state index in [1.54, 1.807) is 30.3 Å². The first-order valence-corrected chi connectivity index (χ1v) is 6.73. The first-order valence-electron chi connectivity index (χ1n) is 5.08. The zero-order valence-electron chi connectivity index (χ0n) is 9.01. The number of halogens is 1. The maximum atomic E-state index is 12.6. The molecule has 0 N–H and O–H groups in total. The van der Waals surface area contributed by atoms with E-state index in [0.29, 0.717) is 5.56 Å². The molecule has 0 amide bonds. The van der Waals surface area contributed by atoms with Gasteiger partial charge in [0.25, 0.3) is 0 Å². The third-order valence-electron chi connectivity index (χ3n) is 2.45. The highest BCUT2D eigenvalue weighted by Gasteiger charge is 2.18. The van der Waals surface area contributed by atoms with Crippen LogP contribution in [0.5, 0.6) is 0 Å². The van der Waals surface area contributed by atoms with Crippen molar-refractivity contribution in [3.63, 3.8) is 0 Å². The fourth-order valence-corrected chi connectivity index (χ4v) is 2.58. The topological polar surface area (TPSA) is 34.1 Å². The first kappa shape index (κ1) is 11.8. The van der Waals surface area contributed by atoms with Crippen LogP contribution in [0.4, 0.5) is 4.39 Å². The number of hydrogen-bond donors (Lipinski definition) is 0. The average molecular weight is 250 g/mol. The zero-order chi connectivity index (χ0) is 12.3. The maximum Gasteiger partial charge on any atom is 0.208 e. The molecule has 0 aliphatic carbocycles. The number of rotatable bonds is 3. The molecule has 0 atom stereocenters. The minimum absolute atomic E-state index is 0.0358. The molecule has 2 rings (SSSR count). The van der Waals surface area contributed by atoms with E-state index >= 15 is 0 Å². The number of hydrogen-bond acceptors (Lipinski definition) is 2. The smallest absolute Gasteiger partial charge is 0.208 e. The van der Waals surface area contributed by atoms with Gasteiger partial charge >= 0.3 is 0 Å². The highest BCUT2D eigenvalue weighted by atomic mass is 32.2. The molecule has 0 saturated carbocycles. The lowest BCUT2D eigenvalue weighted by atomic mass is 10.1. The summed E-state index contributed by atoms with van der Waals surface area (Å²) < 4.78 is 35.8. The highest BCUT2D eigenvalue weighted by Crippen LogP contribution is 2.27. The van der Waals surface area contributed by atoms with Crippen LogP contribution in [-0.2, 0) is 9.84 Å². The standard InChI is InChI=1S/C13H11FO2S/c14-10-17(15,16)13-9-5-4-8-12(13)11-6-2-1-3-7-11/h1-9H,10H2. The van der Waals surface area contributed by atoms with Gasteiger partial charge in [-0.05, 0) is 11.6 Å². The number of benzene rings is 2. The molecule has 0 bridgehead atoms. The minimum atomic E-state index is -3.84. The van der Waals surface area contributed by atoms with Crippen LogP contribution in [0.3, 0.4) is 0 Å². The van der Waals surface area contributed by atoms with Crippen LogP contribution in [0, 0.1) is 0 Å². The van der Waals surface area contributed by atoms with E-state index < -0.39 is 15.8 Å². The lowest BCUT2D eigenvalue weighted by Gasteiger charge is -2.08. The molecule has 0 aliphatic rings. The highest BCUT2D eigenvalue weighted by molar-refractivity contribution is 7.91. The van der Waals surface area contributed by atoms with E-state index in [9.17, 15) is 12.8 Å². The molecule has 0 aliphatic heterocycles. The van der Waals surface area contributed by atoms with Gasteiger partial charge in [0.2, 0.25) is 9.84 Å². The molecule has 88 valence electrons. The van der Waals surface area contributed by atoms with Crippen LogP contribution in [-0.4, -0.2) is 14.4 Å². The van der Waals surface area contributed by atoms with E-state index in [-0.39, 0.29) is 4.90 Å². The molecular weight excluding hydrogens is 239 g/mol. The van der Waals surface area contributed by atoms with Crippen molar-refractivity contribution >= 4 is 9.84 Å². The molecule has 0 aromatic heterocycles. The third-order valence-corrected chi connectivity index (χ3v) is 3.76. The second-order valence-electron chi connectivity index (χ2n) is 3.59. The Morgan fingerprint density at radius 2 is 1.47 bits per heavy atom. The quantitative estimate of drug-likeness (QED) is 0.839. The predicted molar refractivity (Wildman–Crippen MR) is 65.0 cm³/mol. The van der Waals surface area contributed by atoms with Gasteiger partial charge in [0.1, 0.15) is 0 Å². The Labute approximate surface area is 99.6 Å². The van der Waals surface area contributed by atoms with Crippen molar-refractivity contribution in [3.8, 4) is 11.1 Å². The fourth-order valence-electron chi connectivity index (χ4n) is 1.65. The van der Waals surface area contributed by atoms with Crippen molar-refractivity contribution in [3.05, 3.63) is 54.6 Å². The monoisotopic (exact) mass is 250 g/mol. The molecule has 0 spiro atoms. The predicted octanol–water partition coefficient (Wildman–Crippen LogP) is 3.05. The largest absolute Gasteiger partial charge is 0.233 e. The number of sulfone groups is 1. The molecule has 0 radical (unpaired) electrons. The Kier molecular flexibility index (Phi) is 3.24. The van der Waals surface area contributed by atoms with E-state index in [1.807, 2.05) is 18.2 Å². The normalized spacial score (nSPS) is 11.4. The molecule has 2 aromatic carbocycles. The molecular formula is C13H11FO2S.